The van der Waals surface area contributed by atoms with E-state index in [1.54, 1.807) is 26.2 Å². The van der Waals surface area contributed by atoms with Gasteiger partial charge in [-0.2, -0.15) is 0 Å². The van der Waals surface area contributed by atoms with Crippen LogP contribution in [0.2, 0.25) is 5.15 Å². The van der Waals surface area contributed by atoms with Crippen molar-refractivity contribution in [3.63, 3.8) is 0 Å². The molecule has 1 aliphatic rings. The van der Waals surface area contributed by atoms with Crippen LogP contribution in [0.15, 0.2) is 12.1 Å². The van der Waals surface area contributed by atoms with Gasteiger partial charge in [-0.05, 0) is 37.5 Å². The summed E-state index contributed by atoms with van der Waals surface area (Å²) in [7, 11) is 2.95. The van der Waals surface area contributed by atoms with Crippen molar-refractivity contribution in [2.24, 2.45) is 5.92 Å². The molecule has 8 nitrogen and oxygen atoms in total. The molecule has 0 aliphatic heterocycles. The molecule has 1 fully saturated rings. The Kier molecular flexibility index (Phi) is 5.24. The molecule has 1 aliphatic carbocycles. The van der Waals surface area contributed by atoms with E-state index < -0.39 is 5.97 Å². The Hall–Kier alpha value is -2.45. The number of nitrogens with zero attached hydrogens (tertiary/aromatic N) is 2. The molecule has 1 heterocycles. The number of aromatic nitrogens is 2. The SMILES string of the molecule is COC(=O)c1cc2nc(Cl)c(NNC(=O)C3CC(OC)C3)nc2cc1C. The van der Waals surface area contributed by atoms with E-state index in [1.807, 2.05) is 0 Å². The number of ether oxygens (including phenoxy) is 2. The number of carbonyl (C=O) groups is 2. The molecule has 0 unspecified atom stereocenters. The standard InChI is InChI=1S/C17H19ClN4O4/c1-8-4-12-13(7-11(8)17(24)26-3)19-14(18)15(20-12)21-22-16(23)9-5-10(6-9)25-2/h4,7,9-10H,5-6H2,1-3H3,(H,20,21)(H,22,23). The van der Waals surface area contributed by atoms with Crippen molar-refractivity contribution in [2.45, 2.75) is 25.9 Å². The third kappa shape index (κ3) is 3.56. The predicted molar refractivity (Wildman–Crippen MR) is 95.9 cm³/mol. The fourth-order valence-corrected chi connectivity index (χ4v) is 2.97. The lowest BCUT2D eigenvalue weighted by Gasteiger charge is -2.32. The number of anilines is 1. The minimum absolute atomic E-state index is 0.0841. The lowest BCUT2D eigenvalue weighted by atomic mass is 9.82. The number of benzene rings is 1. The molecule has 0 atom stereocenters. The van der Waals surface area contributed by atoms with E-state index in [0.717, 1.165) is 0 Å². The molecule has 1 amide bonds. The molecule has 26 heavy (non-hydrogen) atoms. The fraction of sp³-hybridized carbons (Fsp3) is 0.412. The second-order valence-corrected chi connectivity index (χ2v) is 6.51. The van der Waals surface area contributed by atoms with Gasteiger partial charge in [0.2, 0.25) is 5.91 Å². The summed E-state index contributed by atoms with van der Waals surface area (Å²) in [6, 6.07) is 3.30. The Morgan fingerprint density at radius 2 is 1.88 bits per heavy atom. The molecule has 0 spiro atoms. The van der Waals surface area contributed by atoms with Gasteiger partial charge in [0.1, 0.15) is 0 Å². The van der Waals surface area contributed by atoms with Gasteiger partial charge in [0.25, 0.3) is 0 Å². The first-order valence-corrected chi connectivity index (χ1v) is 8.45. The lowest BCUT2D eigenvalue weighted by Crippen LogP contribution is -2.44. The molecule has 1 saturated carbocycles. The fourth-order valence-electron chi connectivity index (χ4n) is 2.79. The number of amides is 1. The highest BCUT2D eigenvalue weighted by Crippen LogP contribution is 2.30. The van der Waals surface area contributed by atoms with Gasteiger partial charge in [0.05, 0.1) is 29.8 Å². The number of carbonyl (C=O) groups excluding carboxylic acids is 2. The molecule has 3 rings (SSSR count). The average Bonchev–Trinajstić information content (AvgIpc) is 2.58. The first-order valence-electron chi connectivity index (χ1n) is 8.07. The number of rotatable bonds is 5. The minimum atomic E-state index is -0.452. The summed E-state index contributed by atoms with van der Waals surface area (Å²) in [6.07, 6.45) is 1.52. The average molecular weight is 379 g/mol. The molecule has 1 aromatic heterocycles. The first-order chi connectivity index (χ1) is 12.4. The normalized spacial score (nSPS) is 18.9. The topological polar surface area (TPSA) is 102 Å². The molecule has 0 bridgehead atoms. The van der Waals surface area contributed by atoms with Crippen molar-refractivity contribution in [3.05, 3.63) is 28.4 Å². The van der Waals surface area contributed by atoms with Crippen LogP contribution in [0.5, 0.6) is 0 Å². The van der Waals surface area contributed by atoms with Crippen LogP contribution in [-0.2, 0) is 14.3 Å². The number of aryl methyl sites for hydroxylation is 1. The highest BCUT2D eigenvalue weighted by atomic mass is 35.5. The predicted octanol–water partition coefficient (Wildman–Crippen LogP) is 2.25. The number of fused-ring (bicyclic) bond motifs is 1. The van der Waals surface area contributed by atoms with Gasteiger partial charge in [-0.1, -0.05) is 11.6 Å². The van der Waals surface area contributed by atoms with Gasteiger partial charge < -0.3 is 9.47 Å². The van der Waals surface area contributed by atoms with Crippen LogP contribution in [0.25, 0.3) is 11.0 Å². The molecular formula is C17H19ClN4O4. The maximum absolute atomic E-state index is 12.1. The van der Waals surface area contributed by atoms with Gasteiger partial charge in [0, 0.05) is 13.0 Å². The van der Waals surface area contributed by atoms with Crippen LogP contribution in [0, 0.1) is 12.8 Å². The number of hydrogen-bond acceptors (Lipinski definition) is 7. The highest BCUT2D eigenvalue weighted by Gasteiger charge is 2.34. The molecule has 9 heteroatoms. The van der Waals surface area contributed by atoms with E-state index >= 15 is 0 Å². The molecule has 2 aromatic rings. The second-order valence-electron chi connectivity index (χ2n) is 6.15. The monoisotopic (exact) mass is 378 g/mol. The van der Waals surface area contributed by atoms with Crippen molar-refractivity contribution in [3.8, 4) is 0 Å². The summed E-state index contributed by atoms with van der Waals surface area (Å²) in [5.74, 6) is -0.454. The zero-order chi connectivity index (χ0) is 18.8. The number of methoxy groups -OCH3 is 2. The molecule has 2 N–H and O–H groups in total. The maximum Gasteiger partial charge on any atom is 0.338 e. The van der Waals surface area contributed by atoms with Crippen molar-refractivity contribution in [1.82, 2.24) is 15.4 Å². The first kappa shape index (κ1) is 18.3. The third-order valence-electron chi connectivity index (χ3n) is 4.48. The number of esters is 1. The zero-order valence-corrected chi connectivity index (χ0v) is 15.4. The van der Waals surface area contributed by atoms with Crippen LogP contribution in [0.4, 0.5) is 5.82 Å². The largest absolute Gasteiger partial charge is 0.465 e. The number of hydrazine groups is 1. The van der Waals surface area contributed by atoms with Crippen LogP contribution < -0.4 is 10.9 Å². The van der Waals surface area contributed by atoms with Crippen molar-refractivity contribution < 1.29 is 19.1 Å². The Balaban J connectivity index is 1.76. The van der Waals surface area contributed by atoms with E-state index in [4.69, 9.17) is 21.1 Å². The van der Waals surface area contributed by atoms with Gasteiger partial charge in [-0.3, -0.25) is 15.6 Å². The quantitative estimate of drug-likeness (QED) is 0.607. The Morgan fingerprint density at radius 1 is 1.19 bits per heavy atom. The highest BCUT2D eigenvalue weighted by molar-refractivity contribution is 6.32. The summed E-state index contributed by atoms with van der Waals surface area (Å²) >= 11 is 6.14. The Bertz CT molecular complexity index is 867. The van der Waals surface area contributed by atoms with E-state index in [0.29, 0.717) is 35.0 Å². The molecule has 1 aromatic carbocycles. The number of halogens is 1. The summed E-state index contributed by atoms with van der Waals surface area (Å²) in [6.45, 7) is 1.78. The van der Waals surface area contributed by atoms with Crippen LogP contribution in [0.3, 0.4) is 0 Å². The summed E-state index contributed by atoms with van der Waals surface area (Å²) < 4.78 is 9.92. The minimum Gasteiger partial charge on any atom is -0.465 e. The lowest BCUT2D eigenvalue weighted by molar-refractivity contribution is -0.132. The molecule has 0 radical (unpaired) electrons. The Morgan fingerprint density at radius 3 is 2.54 bits per heavy atom. The van der Waals surface area contributed by atoms with E-state index in [-0.39, 0.29) is 28.9 Å². The summed E-state index contributed by atoms with van der Waals surface area (Å²) in [5.41, 5.74) is 7.42. The number of hydrogen-bond donors (Lipinski definition) is 2. The van der Waals surface area contributed by atoms with Crippen LogP contribution >= 0.6 is 11.6 Å². The van der Waals surface area contributed by atoms with Crippen molar-refractivity contribution in [2.75, 3.05) is 19.6 Å². The molecule has 0 saturated heterocycles. The molecule has 138 valence electrons. The second kappa shape index (κ2) is 7.43. The third-order valence-corrected chi connectivity index (χ3v) is 4.74. The van der Waals surface area contributed by atoms with Crippen molar-refractivity contribution >= 4 is 40.3 Å². The Labute approximate surface area is 155 Å². The van der Waals surface area contributed by atoms with E-state index in [2.05, 4.69) is 20.8 Å². The summed E-state index contributed by atoms with van der Waals surface area (Å²) in [5, 5.41) is 0.0841. The van der Waals surface area contributed by atoms with Gasteiger partial charge in [0.15, 0.2) is 11.0 Å². The van der Waals surface area contributed by atoms with Gasteiger partial charge in [-0.25, -0.2) is 14.8 Å². The smallest absolute Gasteiger partial charge is 0.338 e. The maximum atomic E-state index is 12.1. The van der Waals surface area contributed by atoms with Crippen LogP contribution in [0.1, 0.15) is 28.8 Å². The number of nitrogens with one attached hydrogen (secondary N) is 2. The van der Waals surface area contributed by atoms with Crippen LogP contribution in [-0.4, -0.2) is 42.2 Å². The zero-order valence-electron chi connectivity index (χ0n) is 14.6. The van der Waals surface area contributed by atoms with E-state index in [1.165, 1.54) is 7.11 Å². The van der Waals surface area contributed by atoms with Gasteiger partial charge >= 0.3 is 5.97 Å². The van der Waals surface area contributed by atoms with Crippen molar-refractivity contribution in [1.29, 1.82) is 0 Å². The van der Waals surface area contributed by atoms with E-state index in [9.17, 15) is 9.59 Å². The summed E-state index contributed by atoms with van der Waals surface area (Å²) in [4.78, 5) is 32.5. The molecular weight excluding hydrogens is 360 g/mol. The van der Waals surface area contributed by atoms with Gasteiger partial charge in [-0.15, -0.1) is 0 Å².